The number of carbonyl (C=O) groups is 1. The first kappa shape index (κ1) is 18.5. The van der Waals surface area contributed by atoms with Crippen LogP contribution in [-0.2, 0) is 10.8 Å². The predicted molar refractivity (Wildman–Crippen MR) is 101 cm³/mol. The summed E-state index contributed by atoms with van der Waals surface area (Å²) in [6, 6.07) is 9.39. The van der Waals surface area contributed by atoms with Gasteiger partial charge in [0.2, 0.25) is 0 Å². The molecule has 0 spiro atoms. The van der Waals surface area contributed by atoms with Crippen LogP contribution < -0.4 is 0 Å². The summed E-state index contributed by atoms with van der Waals surface area (Å²) in [5, 5.41) is 11.6. The molecule has 2 rings (SSSR count). The molecule has 0 heterocycles. The van der Waals surface area contributed by atoms with E-state index in [0.29, 0.717) is 16.1 Å². The first-order valence-electron chi connectivity index (χ1n) is 8.09. The van der Waals surface area contributed by atoms with E-state index in [1.54, 1.807) is 12.1 Å². The maximum atomic E-state index is 11.7. The summed E-state index contributed by atoms with van der Waals surface area (Å²) < 4.78 is 0. The predicted octanol–water partition coefficient (Wildman–Crippen LogP) is 6.12. The first-order valence-corrected chi connectivity index (χ1v) is 8.46. The lowest BCUT2D eigenvalue weighted by molar-refractivity contribution is 0.111. The van der Waals surface area contributed by atoms with Crippen molar-refractivity contribution in [2.75, 3.05) is 0 Å². The second kappa shape index (κ2) is 6.25. The minimum absolute atomic E-state index is 0.0460. The van der Waals surface area contributed by atoms with E-state index < -0.39 is 0 Å². The Labute approximate surface area is 149 Å². The molecule has 0 aliphatic rings. The second-order valence-corrected chi connectivity index (χ2v) is 8.67. The van der Waals surface area contributed by atoms with Gasteiger partial charge in [0.1, 0.15) is 5.75 Å². The van der Waals surface area contributed by atoms with Crippen LogP contribution >= 0.6 is 11.6 Å². The van der Waals surface area contributed by atoms with E-state index in [1.807, 2.05) is 32.9 Å². The molecule has 0 aliphatic heterocycles. The summed E-state index contributed by atoms with van der Waals surface area (Å²) in [5.41, 5.74) is 3.36. The van der Waals surface area contributed by atoms with Gasteiger partial charge in [0.25, 0.3) is 0 Å². The van der Waals surface area contributed by atoms with Crippen LogP contribution in [0, 0.1) is 0 Å². The molecule has 128 valence electrons. The number of hydrogen-bond acceptors (Lipinski definition) is 2. The second-order valence-electron chi connectivity index (χ2n) is 8.23. The molecule has 3 heteroatoms. The fourth-order valence-corrected chi connectivity index (χ4v) is 3.05. The van der Waals surface area contributed by atoms with Crippen LogP contribution in [-0.4, -0.2) is 11.4 Å². The van der Waals surface area contributed by atoms with Crippen LogP contribution in [0.2, 0.25) is 5.02 Å². The van der Waals surface area contributed by atoms with Crippen molar-refractivity contribution in [2.24, 2.45) is 0 Å². The van der Waals surface area contributed by atoms with Crippen molar-refractivity contribution in [3.63, 3.8) is 0 Å². The molecule has 0 aliphatic carbocycles. The zero-order chi connectivity index (χ0) is 18.3. The smallest absolute Gasteiger partial charge is 0.154 e. The molecule has 0 atom stereocenters. The highest BCUT2D eigenvalue weighted by Gasteiger charge is 2.29. The number of benzene rings is 2. The maximum Gasteiger partial charge on any atom is 0.154 e. The molecule has 2 aromatic rings. The fraction of sp³-hybridized carbons (Fsp3) is 0.381. The van der Waals surface area contributed by atoms with E-state index in [4.69, 9.17) is 11.6 Å². The van der Waals surface area contributed by atoms with Crippen molar-refractivity contribution >= 4 is 17.9 Å². The minimum atomic E-state index is -0.244. The van der Waals surface area contributed by atoms with E-state index in [9.17, 15) is 9.90 Å². The van der Waals surface area contributed by atoms with Crippen LogP contribution in [0.4, 0.5) is 0 Å². The molecule has 0 fully saturated rings. The number of halogens is 1. The number of phenols is 1. The average Bonchev–Trinajstić information content (AvgIpc) is 2.45. The van der Waals surface area contributed by atoms with Gasteiger partial charge in [0, 0.05) is 10.6 Å². The lowest BCUT2D eigenvalue weighted by atomic mass is 9.75. The van der Waals surface area contributed by atoms with Crippen LogP contribution in [0.3, 0.4) is 0 Å². The summed E-state index contributed by atoms with van der Waals surface area (Å²) in [7, 11) is 0. The van der Waals surface area contributed by atoms with Gasteiger partial charge in [-0.2, -0.15) is 0 Å². The standard InChI is InChI=1S/C21H25ClO2/c1-20(2,3)16-11-17(21(4,5)6)18(19(24)15(16)12-23)13-7-9-14(22)10-8-13/h7-12,24H,1-6H3. The Kier molecular flexibility index (Phi) is 4.83. The van der Waals surface area contributed by atoms with Crippen molar-refractivity contribution in [1.29, 1.82) is 0 Å². The topological polar surface area (TPSA) is 37.3 Å². The number of hydrogen-bond donors (Lipinski definition) is 1. The number of aldehydes is 1. The number of rotatable bonds is 2. The third-order valence-electron chi connectivity index (χ3n) is 4.21. The fourth-order valence-electron chi connectivity index (χ4n) is 2.92. The molecular weight excluding hydrogens is 320 g/mol. The molecule has 2 nitrogen and oxygen atoms in total. The third kappa shape index (κ3) is 3.49. The molecule has 0 bridgehead atoms. The highest BCUT2D eigenvalue weighted by Crippen LogP contribution is 2.44. The first-order chi connectivity index (χ1) is 11.0. The largest absolute Gasteiger partial charge is 0.507 e. The Bertz CT molecular complexity index is 760. The number of phenolic OH excluding ortho intramolecular Hbond substituents is 1. The lowest BCUT2D eigenvalue weighted by Gasteiger charge is -2.30. The molecular formula is C21H25ClO2. The van der Waals surface area contributed by atoms with Gasteiger partial charge in [-0.3, -0.25) is 4.79 Å². The number of carbonyl (C=O) groups excluding carboxylic acids is 1. The minimum Gasteiger partial charge on any atom is -0.507 e. The Morgan fingerprint density at radius 1 is 0.917 bits per heavy atom. The van der Waals surface area contributed by atoms with Crippen molar-refractivity contribution < 1.29 is 9.90 Å². The van der Waals surface area contributed by atoms with Gasteiger partial charge in [-0.05, 0) is 39.7 Å². The highest BCUT2D eigenvalue weighted by atomic mass is 35.5. The van der Waals surface area contributed by atoms with Crippen LogP contribution in [0.1, 0.15) is 63.0 Å². The van der Waals surface area contributed by atoms with Crippen molar-refractivity contribution in [2.45, 2.75) is 52.4 Å². The monoisotopic (exact) mass is 344 g/mol. The Morgan fingerprint density at radius 3 is 1.83 bits per heavy atom. The molecule has 0 aromatic heterocycles. The van der Waals surface area contributed by atoms with E-state index in [-0.39, 0.29) is 16.6 Å². The van der Waals surface area contributed by atoms with Crippen molar-refractivity contribution in [3.05, 3.63) is 52.0 Å². The van der Waals surface area contributed by atoms with Gasteiger partial charge < -0.3 is 5.11 Å². The van der Waals surface area contributed by atoms with E-state index in [1.165, 1.54) is 0 Å². The van der Waals surface area contributed by atoms with Gasteiger partial charge in [-0.1, -0.05) is 71.3 Å². The summed E-state index contributed by atoms with van der Waals surface area (Å²) >= 11 is 5.99. The molecule has 2 aromatic carbocycles. The quantitative estimate of drug-likeness (QED) is 0.666. The van der Waals surface area contributed by atoms with Crippen molar-refractivity contribution in [3.8, 4) is 16.9 Å². The molecule has 24 heavy (non-hydrogen) atoms. The molecule has 0 unspecified atom stereocenters. The zero-order valence-corrected chi connectivity index (χ0v) is 16.0. The molecule has 0 amide bonds. The SMILES string of the molecule is CC(C)(C)c1cc(C(C)(C)C)c(-c2ccc(Cl)cc2)c(O)c1C=O. The van der Waals surface area contributed by atoms with Gasteiger partial charge in [-0.25, -0.2) is 0 Å². The Balaban J connectivity index is 2.92. The average molecular weight is 345 g/mol. The van der Waals surface area contributed by atoms with Gasteiger partial charge in [0.05, 0.1) is 5.56 Å². The third-order valence-corrected chi connectivity index (χ3v) is 4.46. The molecule has 0 saturated carbocycles. The van der Waals surface area contributed by atoms with Gasteiger partial charge in [0.15, 0.2) is 6.29 Å². The summed E-state index contributed by atoms with van der Waals surface area (Å²) in [6.45, 7) is 12.5. The van der Waals surface area contributed by atoms with E-state index >= 15 is 0 Å². The van der Waals surface area contributed by atoms with E-state index in [0.717, 1.165) is 23.0 Å². The normalized spacial score (nSPS) is 12.3. The molecule has 0 radical (unpaired) electrons. The molecule has 1 N–H and O–H groups in total. The van der Waals surface area contributed by atoms with Crippen LogP contribution in [0.25, 0.3) is 11.1 Å². The zero-order valence-electron chi connectivity index (χ0n) is 15.2. The Morgan fingerprint density at radius 2 is 1.42 bits per heavy atom. The Hall–Kier alpha value is -1.80. The van der Waals surface area contributed by atoms with Gasteiger partial charge in [-0.15, -0.1) is 0 Å². The van der Waals surface area contributed by atoms with Crippen molar-refractivity contribution in [1.82, 2.24) is 0 Å². The highest BCUT2D eigenvalue weighted by molar-refractivity contribution is 6.30. The van der Waals surface area contributed by atoms with Gasteiger partial charge >= 0.3 is 0 Å². The van der Waals surface area contributed by atoms with Crippen LogP contribution in [0.5, 0.6) is 5.75 Å². The lowest BCUT2D eigenvalue weighted by Crippen LogP contribution is -2.20. The summed E-state index contributed by atoms with van der Waals surface area (Å²) in [6.07, 6.45) is 0.752. The molecule has 0 saturated heterocycles. The maximum absolute atomic E-state index is 11.7. The summed E-state index contributed by atoms with van der Waals surface area (Å²) in [5.74, 6) is 0.0460. The number of aromatic hydroxyl groups is 1. The van der Waals surface area contributed by atoms with E-state index in [2.05, 4.69) is 26.8 Å². The van der Waals surface area contributed by atoms with Crippen LogP contribution in [0.15, 0.2) is 30.3 Å². The summed E-state index contributed by atoms with van der Waals surface area (Å²) in [4.78, 5) is 11.7.